The van der Waals surface area contributed by atoms with Gasteiger partial charge in [0.2, 0.25) is 0 Å². The number of rotatable bonds is 10. The molecule has 0 aliphatic heterocycles. The van der Waals surface area contributed by atoms with Crippen molar-refractivity contribution in [2.24, 2.45) is 0 Å². The Morgan fingerprint density at radius 2 is 1.38 bits per heavy atom. The van der Waals surface area contributed by atoms with Crippen LogP contribution in [0.4, 0.5) is 0 Å². The summed E-state index contributed by atoms with van der Waals surface area (Å²) < 4.78 is 28.2. The van der Waals surface area contributed by atoms with Gasteiger partial charge in [-0.25, -0.2) is 4.21 Å². The Balaban J connectivity index is 4.38. The second kappa shape index (κ2) is 7.41. The molecule has 0 spiro atoms. The first-order chi connectivity index (χ1) is 7.46. The Morgan fingerprint density at radius 3 is 1.75 bits per heavy atom. The molecule has 0 rings (SSSR count). The monoisotopic (exact) mass is 252 g/mol. The van der Waals surface area contributed by atoms with E-state index < -0.39 is 9.63 Å². The second-order valence-electron chi connectivity index (χ2n) is 4.44. The lowest BCUT2D eigenvalue weighted by atomic mass is 10.4. The Labute approximate surface area is 100 Å². The zero-order chi connectivity index (χ0) is 12.5. The van der Waals surface area contributed by atoms with Crippen LogP contribution < -0.4 is 0 Å². The van der Waals surface area contributed by atoms with Gasteiger partial charge in [0.25, 0.3) is 0 Å². The van der Waals surface area contributed by atoms with E-state index in [0.717, 1.165) is 38.5 Å². The fourth-order valence-corrected chi connectivity index (χ4v) is 4.12. The highest BCUT2D eigenvalue weighted by atomic mass is 32.3. The lowest BCUT2D eigenvalue weighted by Gasteiger charge is -2.36. The Kier molecular flexibility index (Phi) is 7.44. The minimum absolute atomic E-state index is 0.303. The van der Waals surface area contributed by atoms with Gasteiger partial charge in [-0.2, -0.15) is 0 Å². The van der Waals surface area contributed by atoms with Crippen molar-refractivity contribution in [3.05, 3.63) is 0 Å². The molecule has 0 aromatic heterocycles. The summed E-state index contributed by atoms with van der Waals surface area (Å²) in [7, 11) is -3.79. The standard InChI is InChI=1S/C12H28O3S/c1-4-7-10-15-16(13,14,11-8-5-2)12-9-6-3/h4-12H2,1-3H3,(H,13,14). The smallest absolute Gasteiger partial charge is 0.0849 e. The van der Waals surface area contributed by atoms with E-state index in [-0.39, 0.29) is 0 Å². The molecule has 0 bridgehead atoms. The first-order valence-electron chi connectivity index (χ1n) is 6.50. The first-order valence-corrected chi connectivity index (χ1v) is 8.69. The molecule has 0 atom stereocenters. The van der Waals surface area contributed by atoms with Crippen LogP contribution in [0.1, 0.15) is 59.3 Å². The van der Waals surface area contributed by atoms with Gasteiger partial charge in [-0.1, -0.05) is 40.0 Å². The number of hydrogen-bond acceptors (Lipinski definition) is 2. The van der Waals surface area contributed by atoms with Crippen molar-refractivity contribution < 1.29 is 12.9 Å². The molecule has 0 aliphatic rings. The summed E-state index contributed by atoms with van der Waals surface area (Å²) in [6, 6.07) is 0. The normalized spacial score (nSPS) is 14.6. The van der Waals surface area contributed by atoms with E-state index in [2.05, 4.69) is 6.92 Å². The Hall–Kier alpha value is 0.0700. The van der Waals surface area contributed by atoms with Gasteiger partial charge in [-0.05, 0) is 19.3 Å². The molecule has 0 aromatic carbocycles. The topological polar surface area (TPSA) is 46.5 Å². The van der Waals surface area contributed by atoms with Crippen molar-refractivity contribution in [2.75, 3.05) is 18.1 Å². The van der Waals surface area contributed by atoms with E-state index in [1.807, 2.05) is 13.8 Å². The second-order valence-corrected chi connectivity index (χ2v) is 7.80. The summed E-state index contributed by atoms with van der Waals surface area (Å²) in [4.78, 5) is 0. The first kappa shape index (κ1) is 16.1. The molecule has 3 nitrogen and oxygen atoms in total. The summed E-state index contributed by atoms with van der Waals surface area (Å²) >= 11 is 0. The molecule has 0 fully saturated rings. The fraction of sp³-hybridized carbons (Fsp3) is 1.00. The fourth-order valence-electron chi connectivity index (χ4n) is 1.47. The van der Waals surface area contributed by atoms with Crippen molar-refractivity contribution >= 4 is 9.63 Å². The third-order valence-corrected chi connectivity index (χ3v) is 5.54. The molecule has 16 heavy (non-hydrogen) atoms. The highest BCUT2D eigenvalue weighted by Gasteiger charge is 2.32. The molecule has 0 aliphatic carbocycles. The van der Waals surface area contributed by atoms with Crippen molar-refractivity contribution in [2.45, 2.75) is 59.3 Å². The van der Waals surface area contributed by atoms with Gasteiger partial charge in [0, 0.05) is 11.5 Å². The minimum atomic E-state index is -3.79. The van der Waals surface area contributed by atoms with E-state index in [1.165, 1.54) is 0 Å². The van der Waals surface area contributed by atoms with Gasteiger partial charge in [0.05, 0.1) is 16.2 Å². The number of unbranched alkanes of at least 4 members (excludes halogenated alkanes) is 3. The van der Waals surface area contributed by atoms with Gasteiger partial charge in [0.1, 0.15) is 0 Å². The largest absolute Gasteiger partial charge is 0.307 e. The van der Waals surface area contributed by atoms with Crippen LogP contribution in [0.15, 0.2) is 0 Å². The van der Waals surface area contributed by atoms with E-state index in [4.69, 9.17) is 4.18 Å². The molecule has 0 saturated carbocycles. The summed E-state index contributed by atoms with van der Waals surface area (Å²) in [6.07, 6.45) is 5.23. The van der Waals surface area contributed by atoms with E-state index in [1.54, 1.807) is 0 Å². The summed E-state index contributed by atoms with van der Waals surface area (Å²) in [5.41, 5.74) is 0. The summed E-state index contributed by atoms with van der Waals surface area (Å²) in [5.74, 6) is 0.606. The quantitative estimate of drug-likeness (QED) is 0.604. The third kappa shape index (κ3) is 6.61. The average Bonchev–Trinajstić information content (AvgIpc) is 2.25. The molecule has 4 heteroatoms. The predicted molar refractivity (Wildman–Crippen MR) is 71.2 cm³/mol. The van der Waals surface area contributed by atoms with Gasteiger partial charge < -0.3 is 4.55 Å². The number of hydrogen-bond donors (Lipinski definition) is 1. The molecular weight excluding hydrogens is 224 g/mol. The Morgan fingerprint density at radius 1 is 0.938 bits per heavy atom. The summed E-state index contributed by atoms with van der Waals surface area (Å²) in [5, 5.41) is 0. The van der Waals surface area contributed by atoms with E-state index >= 15 is 0 Å². The highest BCUT2D eigenvalue weighted by Crippen LogP contribution is 2.27. The predicted octanol–water partition coefficient (Wildman–Crippen LogP) is 3.61. The molecule has 0 radical (unpaired) electrons. The van der Waals surface area contributed by atoms with Gasteiger partial charge in [0.15, 0.2) is 0 Å². The average molecular weight is 252 g/mol. The van der Waals surface area contributed by atoms with Crippen LogP contribution in [0, 0.1) is 0 Å². The van der Waals surface area contributed by atoms with Crippen molar-refractivity contribution in [1.29, 1.82) is 0 Å². The van der Waals surface area contributed by atoms with Crippen LogP contribution in [0.5, 0.6) is 0 Å². The van der Waals surface area contributed by atoms with Crippen LogP contribution in [-0.4, -0.2) is 26.9 Å². The van der Waals surface area contributed by atoms with Gasteiger partial charge in [-0.15, -0.1) is 0 Å². The molecular formula is C12H28O3S. The molecule has 0 amide bonds. The van der Waals surface area contributed by atoms with E-state index in [0.29, 0.717) is 18.1 Å². The third-order valence-electron chi connectivity index (χ3n) is 2.65. The molecule has 1 N–H and O–H groups in total. The molecule has 0 unspecified atom stereocenters. The Bertz CT molecular complexity index is 226. The van der Waals surface area contributed by atoms with Crippen LogP contribution in [0.2, 0.25) is 0 Å². The molecule has 0 saturated heterocycles. The minimum Gasteiger partial charge on any atom is -0.307 e. The van der Waals surface area contributed by atoms with Crippen molar-refractivity contribution in [3.63, 3.8) is 0 Å². The maximum atomic E-state index is 12.5. The SMILES string of the molecule is CCCCOS(=O)(O)(CCCC)CCCC. The van der Waals surface area contributed by atoms with E-state index in [9.17, 15) is 8.76 Å². The lowest BCUT2D eigenvalue weighted by molar-refractivity contribution is 0.260. The molecule has 100 valence electrons. The zero-order valence-corrected chi connectivity index (χ0v) is 11.9. The van der Waals surface area contributed by atoms with Crippen molar-refractivity contribution in [1.82, 2.24) is 0 Å². The van der Waals surface area contributed by atoms with Crippen LogP contribution in [0.25, 0.3) is 0 Å². The van der Waals surface area contributed by atoms with Crippen LogP contribution in [-0.2, 0) is 13.8 Å². The molecule has 0 heterocycles. The maximum absolute atomic E-state index is 12.5. The molecule has 0 aromatic rings. The maximum Gasteiger partial charge on any atom is 0.0849 e. The van der Waals surface area contributed by atoms with Crippen LogP contribution >= 0.6 is 0 Å². The van der Waals surface area contributed by atoms with Gasteiger partial charge >= 0.3 is 0 Å². The van der Waals surface area contributed by atoms with Crippen LogP contribution in [0.3, 0.4) is 0 Å². The van der Waals surface area contributed by atoms with Crippen molar-refractivity contribution in [3.8, 4) is 0 Å². The van der Waals surface area contributed by atoms with Gasteiger partial charge in [-0.3, -0.25) is 4.18 Å². The lowest BCUT2D eigenvalue weighted by Crippen LogP contribution is -2.42. The highest BCUT2D eigenvalue weighted by molar-refractivity contribution is 8.10. The zero-order valence-electron chi connectivity index (χ0n) is 11.0. The summed E-state index contributed by atoms with van der Waals surface area (Å²) in [6.45, 7) is 6.51.